The molecule has 0 atom stereocenters. The van der Waals surface area contributed by atoms with Crippen LogP contribution in [0.1, 0.15) is 26.4 Å². The first-order chi connectivity index (χ1) is 11.6. The van der Waals surface area contributed by atoms with Crippen LogP contribution in [0.3, 0.4) is 0 Å². The van der Waals surface area contributed by atoms with Gasteiger partial charge in [0.25, 0.3) is 5.91 Å². The number of hydrogen-bond donors (Lipinski definition) is 1. The lowest BCUT2D eigenvalue weighted by Crippen LogP contribution is -2.12. The Bertz CT molecular complexity index is 921. The molecule has 1 aromatic heterocycles. The Morgan fingerprint density at radius 2 is 1.75 bits per heavy atom. The van der Waals surface area contributed by atoms with Crippen LogP contribution in [0, 0.1) is 6.92 Å². The first-order valence-electron chi connectivity index (χ1n) is 7.44. The lowest BCUT2D eigenvalue weighted by molar-refractivity contribution is 0.0601. The molecule has 0 saturated heterocycles. The maximum Gasteiger partial charge on any atom is 0.337 e. The number of rotatable bonds is 3. The van der Waals surface area contributed by atoms with Gasteiger partial charge < -0.3 is 10.1 Å². The number of carbonyl (C=O) groups is 2. The van der Waals surface area contributed by atoms with Crippen LogP contribution in [0.4, 0.5) is 5.69 Å². The molecule has 5 nitrogen and oxygen atoms in total. The monoisotopic (exact) mass is 320 g/mol. The number of ether oxygens (including phenoxy) is 1. The predicted octanol–water partition coefficient (Wildman–Crippen LogP) is 3.58. The largest absolute Gasteiger partial charge is 0.465 e. The van der Waals surface area contributed by atoms with Crippen molar-refractivity contribution in [3.8, 4) is 0 Å². The maximum atomic E-state index is 12.4. The van der Waals surface area contributed by atoms with E-state index < -0.39 is 5.97 Å². The van der Waals surface area contributed by atoms with E-state index in [0.717, 1.165) is 5.69 Å². The number of nitrogens with zero attached hydrogens (tertiary/aromatic N) is 1. The number of methoxy groups -OCH3 is 1. The first kappa shape index (κ1) is 15.7. The number of aryl methyl sites for hydroxylation is 1. The molecule has 0 aliphatic heterocycles. The van der Waals surface area contributed by atoms with Crippen LogP contribution in [0.15, 0.2) is 54.6 Å². The van der Waals surface area contributed by atoms with Crippen LogP contribution in [0.5, 0.6) is 0 Å². The highest BCUT2D eigenvalue weighted by molar-refractivity contribution is 6.09. The van der Waals surface area contributed by atoms with Gasteiger partial charge in [-0.15, -0.1) is 0 Å². The molecule has 5 heteroatoms. The van der Waals surface area contributed by atoms with Crippen molar-refractivity contribution in [3.63, 3.8) is 0 Å². The summed E-state index contributed by atoms with van der Waals surface area (Å²) in [4.78, 5) is 28.6. The summed E-state index contributed by atoms with van der Waals surface area (Å²) in [5.41, 5.74) is 3.05. The SMILES string of the molecule is COC(=O)c1ccc2nc(C)cc(NC(=O)c3ccccc3)c2c1. The minimum atomic E-state index is -0.433. The molecule has 0 aliphatic rings. The summed E-state index contributed by atoms with van der Waals surface area (Å²) >= 11 is 0. The van der Waals surface area contributed by atoms with Gasteiger partial charge >= 0.3 is 5.97 Å². The van der Waals surface area contributed by atoms with E-state index in [-0.39, 0.29) is 5.91 Å². The third kappa shape index (κ3) is 3.10. The molecule has 1 heterocycles. The summed E-state index contributed by atoms with van der Waals surface area (Å²) in [6, 6.07) is 15.8. The maximum absolute atomic E-state index is 12.4. The summed E-state index contributed by atoms with van der Waals surface area (Å²) in [5, 5.41) is 3.58. The van der Waals surface area contributed by atoms with Crippen molar-refractivity contribution in [2.24, 2.45) is 0 Å². The van der Waals surface area contributed by atoms with Gasteiger partial charge in [-0.05, 0) is 43.3 Å². The van der Waals surface area contributed by atoms with Gasteiger partial charge in [-0.3, -0.25) is 9.78 Å². The number of amides is 1. The van der Waals surface area contributed by atoms with Crippen LogP contribution in [0.2, 0.25) is 0 Å². The van der Waals surface area contributed by atoms with Crippen molar-refractivity contribution in [2.75, 3.05) is 12.4 Å². The van der Waals surface area contributed by atoms with E-state index >= 15 is 0 Å². The van der Waals surface area contributed by atoms with Crippen LogP contribution in [0.25, 0.3) is 10.9 Å². The molecule has 3 aromatic rings. The fraction of sp³-hybridized carbons (Fsp3) is 0.105. The smallest absolute Gasteiger partial charge is 0.337 e. The van der Waals surface area contributed by atoms with Gasteiger partial charge in [-0.25, -0.2) is 4.79 Å². The molecule has 24 heavy (non-hydrogen) atoms. The van der Waals surface area contributed by atoms with Gasteiger partial charge in [0.15, 0.2) is 0 Å². The van der Waals surface area contributed by atoms with E-state index in [1.54, 1.807) is 48.5 Å². The molecule has 0 spiro atoms. The topological polar surface area (TPSA) is 68.3 Å². The van der Waals surface area contributed by atoms with Gasteiger partial charge in [-0.2, -0.15) is 0 Å². The summed E-state index contributed by atoms with van der Waals surface area (Å²) in [6.07, 6.45) is 0. The number of nitrogens with one attached hydrogen (secondary N) is 1. The van der Waals surface area contributed by atoms with E-state index in [0.29, 0.717) is 27.7 Å². The number of carbonyl (C=O) groups excluding carboxylic acids is 2. The van der Waals surface area contributed by atoms with Gasteiger partial charge in [0.2, 0.25) is 0 Å². The van der Waals surface area contributed by atoms with E-state index in [1.165, 1.54) is 7.11 Å². The predicted molar refractivity (Wildman–Crippen MR) is 92.2 cm³/mol. The molecule has 1 N–H and O–H groups in total. The zero-order valence-electron chi connectivity index (χ0n) is 13.4. The fourth-order valence-electron chi connectivity index (χ4n) is 2.49. The first-order valence-corrected chi connectivity index (χ1v) is 7.44. The second kappa shape index (κ2) is 6.50. The molecule has 0 radical (unpaired) electrons. The molecule has 0 unspecified atom stereocenters. The number of fused-ring (bicyclic) bond motifs is 1. The van der Waals surface area contributed by atoms with Crippen molar-refractivity contribution < 1.29 is 14.3 Å². The zero-order valence-corrected chi connectivity index (χ0v) is 13.4. The van der Waals surface area contributed by atoms with Crippen molar-refractivity contribution in [3.05, 3.63) is 71.4 Å². The second-order valence-electron chi connectivity index (χ2n) is 5.35. The number of anilines is 1. The van der Waals surface area contributed by atoms with Crippen molar-refractivity contribution in [2.45, 2.75) is 6.92 Å². The standard InChI is InChI=1S/C19H16N2O3/c1-12-10-17(21-18(22)13-6-4-3-5-7-13)15-11-14(19(23)24-2)8-9-16(15)20-12/h3-11H,1-2H3,(H,20,21,22). The molecule has 1 amide bonds. The van der Waals surface area contributed by atoms with Crippen molar-refractivity contribution in [1.29, 1.82) is 0 Å². The Morgan fingerprint density at radius 1 is 1.00 bits per heavy atom. The Labute approximate surface area is 139 Å². The average Bonchev–Trinajstić information content (AvgIpc) is 2.61. The lowest BCUT2D eigenvalue weighted by Gasteiger charge is -2.11. The minimum Gasteiger partial charge on any atom is -0.465 e. The minimum absolute atomic E-state index is 0.217. The second-order valence-corrected chi connectivity index (χ2v) is 5.35. The quantitative estimate of drug-likeness (QED) is 0.749. The Hall–Kier alpha value is -3.21. The van der Waals surface area contributed by atoms with Gasteiger partial charge in [0, 0.05) is 16.6 Å². The van der Waals surface area contributed by atoms with Crippen LogP contribution >= 0.6 is 0 Å². The van der Waals surface area contributed by atoms with E-state index in [1.807, 2.05) is 13.0 Å². The number of aromatic nitrogens is 1. The highest BCUT2D eigenvalue weighted by atomic mass is 16.5. The highest BCUT2D eigenvalue weighted by Gasteiger charge is 2.12. The van der Waals surface area contributed by atoms with E-state index in [4.69, 9.17) is 4.74 Å². The molecular weight excluding hydrogens is 304 g/mol. The molecule has 2 aromatic carbocycles. The van der Waals surface area contributed by atoms with E-state index in [9.17, 15) is 9.59 Å². The van der Waals surface area contributed by atoms with Gasteiger partial charge in [0.05, 0.1) is 23.9 Å². The van der Waals surface area contributed by atoms with Crippen LogP contribution in [-0.2, 0) is 4.74 Å². The summed E-state index contributed by atoms with van der Waals surface area (Å²) in [5.74, 6) is -0.649. The molecule has 0 saturated carbocycles. The Morgan fingerprint density at radius 3 is 2.46 bits per heavy atom. The molecule has 0 fully saturated rings. The summed E-state index contributed by atoms with van der Waals surface area (Å²) < 4.78 is 4.75. The molecule has 0 aliphatic carbocycles. The van der Waals surface area contributed by atoms with E-state index in [2.05, 4.69) is 10.3 Å². The van der Waals surface area contributed by atoms with Crippen molar-refractivity contribution in [1.82, 2.24) is 4.98 Å². The third-order valence-electron chi connectivity index (χ3n) is 3.64. The summed E-state index contributed by atoms with van der Waals surface area (Å²) in [7, 11) is 1.33. The fourth-order valence-corrected chi connectivity index (χ4v) is 2.49. The zero-order chi connectivity index (χ0) is 17.1. The lowest BCUT2D eigenvalue weighted by atomic mass is 10.1. The Balaban J connectivity index is 2.05. The van der Waals surface area contributed by atoms with Gasteiger partial charge in [0.1, 0.15) is 0 Å². The number of benzene rings is 2. The Kier molecular flexibility index (Phi) is 4.24. The summed E-state index contributed by atoms with van der Waals surface area (Å²) in [6.45, 7) is 1.85. The van der Waals surface area contributed by atoms with Crippen LogP contribution < -0.4 is 5.32 Å². The number of hydrogen-bond acceptors (Lipinski definition) is 4. The number of esters is 1. The number of pyridine rings is 1. The molecule has 3 rings (SSSR count). The average molecular weight is 320 g/mol. The normalized spacial score (nSPS) is 10.4. The highest BCUT2D eigenvalue weighted by Crippen LogP contribution is 2.25. The molecular formula is C19H16N2O3. The third-order valence-corrected chi connectivity index (χ3v) is 3.64. The molecule has 0 bridgehead atoms. The van der Waals surface area contributed by atoms with Gasteiger partial charge in [-0.1, -0.05) is 18.2 Å². The molecule has 120 valence electrons. The van der Waals surface area contributed by atoms with Crippen LogP contribution in [-0.4, -0.2) is 24.0 Å². The van der Waals surface area contributed by atoms with Crippen molar-refractivity contribution >= 4 is 28.5 Å².